The smallest absolute Gasteiger partial charge is 0.401 e. The lowest BCUT2D eigenvalue weighted by Gasteiger charge is -2.38. The van der Waals surface area contributed by atoms with E-state index in [1.54, 1.807) is 19.1 Å². The number of rotatable bonds is 7. The summed E-state index contributed by atoms with van der Waals surface area (Å²) in [5, 5.41) is 1.17. The number of aryl methyl sites for hydroxylation is 1. The highest BCUT2D eigenvalue weighted by Crippen LogP contribution is 2.41. The molecule has 1 unspecified atom stereocenters. The summed E-state index contributed by atoms with van der Waals surface area (Å²) in [4.78, 5) is 4.83. The van der Waals surface area contributed by atoms with E-state index in [9.17, 15) is 13.2 Å². The van der Waals surface area contributed by atoms with Crippen LogP contribution in [0.5, 0.6) is 11.5 Å². The van der Waals surface area contributed by atoms with Gasteiger partial charge in [0.15, 0.2) is 11.5 Å². The first-order chi connectivity index (χ1) is 14.9. The predicted octanol–water partition coefficient (Wildman–Crippen LogP) is 5.67. The Hall–Kier alpha value is -2.67. The number of aromatic amines is 1. The number of benzene rings is 2. The number of nitrogens with zero attached hydrogens (tertiary/aromatic N) is 1. The fourth-order valence-electron chi connectivity index (χ4n) is 4.66. The number of hydrogen-bond donors (Lipinski definition) is 1. The highest BCUT2D eigenvalue weighted by molar-refractivity contribution is 5.83. The molecule has 31 heavy (non-hydrogen) atoms. The fourth-order valence-corrected chi connectivity index (χ4v) is 4.66. The van der Waals surface area contributed by atoms with Gasteiger partial charge in [-0.15, -0.1) is 0 Å². The first-order valence-corrected chi connectivity index (χ1v) is 10.5. The Morgan fingerprint density at radius 2 is 1.84 bits per heavy atom. The van der Waals surface area contributed by atoms with E-state index in [1.165, 1.54) is 10.9 Å². The van der Waals surface area contributed by atoms with Crippen molar-refractivity contribution in [3.05, 3.63) is 59.3 Å². The molecule has 4 rings (SSSR count). The Bertz CT molecular complexity index is 1040. The highest BCUT2D eigenvalue weighted by atomic mass is 19.4. The summed E-state index contributed by atoms with van der Waals surface area (Å²) in [7, 11) is 3.12. The zero-order valence-electron chi connectivity index (χ0n) is 17.8. The second-order valence-corrected chi connectivity index (χ2v) is 8.01. The fraction of sp³-hybridized carbons (Fsp3) is 0.417. The van der Waals surface area contributed by atoms with E-state index in [1.807, 2.05) is 36.5 Å². The van der Waals surface area contributed by atoms with Crippen molar-refractivity contribution in [2.24, 2.45) is 0 Å². The van der Waals surface area contributed by atoms with Gasteiger partial charge in [-0.25, -0.2) is 0 Å². The van der Waals surface area contributed by atoms with E-state index >= 15 is 0 Å². The van der Waals surface area contributed by atoms with Crippen LogP contribution in [0.3, 0.4) is 0 Å². The molecule has 3 aromatic rings. The average molecular weight is 432 g/mol. The number of aromatic nitrogens is 1. The Morgan fingerprint density at radius 1 is 1.10 bits per heavy atom. The maximum Gasteiger partial charge on any atom is 0.401 e. The van der Waals surface area contributed by atoms with Crippen LogP contribution in [-0.4, -0.2) is 43.4 Å². The first kappa shape index (κ1) is 21.6. The summed E-state index contributed by atoms with van der Waals surface area (Å²) in [6.45, 7) is -0.529. The number of hydrogen-bond acceptors (Lipinski definition) is 3. The summed E-state index contributed by atoms with van der Waals surface area (Å²) in [5.74, 6) is 1.17. The Kier molecular flexibility index (Phi) is 6.14. The third kappa shape index (κ3) is 4.66. The molecule has 2 heterocycles. The highest BCUT2D eigenvalue weighted by Gasteiger charge is 2.37. The van der Waals surface area contributed by atoms with Gasteiger partial charge in [-0.1, -0.05) is 18.2 Å². The minimum absolute atomic E-state index is 0.310. The zero-order chi connectivity index (χ0) is 22.0. The lowest BCUT2D eigenvalue weighted by atomic mass is 9.88. The SMILES string of the molecule is COc1cc2c(cc1OC)C(CCCc1c[nH]c3ccccc13)N(CC(F)(F)F)CC2. The van der Waals surface area contributed by atoms with Crippen LogP contribution in [0.4, 0.5) is 13.2 Å². The number of methoxy groups -OCH3 is 2. The number of ether oxygens (including phenoxy) is 2. The molecule has 0 radical (unpaired) electrons. The van der Waals surface area contributed by atoms with Gasteiger partial charge in [0, 0.05) is 29.7 Å². The summed E-state index contributed by atoms with van der Waals surface area (Å²) < 4.78 is 50.7. The molecule has 0 bridgehead atoms. The summed E-state index contributed by atoms with van der Waals surface area (Å²) in [6.07, 6.45) is 0.560. The van der Waals surface area contributed by atoms with Crippen molar-refractivity contribution in [3.8, 4) is 11.5 Å². The normalized spacial score (nSPS) is 17.0. The monoisotopic (exact) mass is 432 g/mol. The number of para-hydroxylation sites is 1. The summed E-state index contributed by atoms with van der Waals surface area (Å²) in [6, 6.07) is 11.5. The molecule has 1 aliphatic rings. The van der Waals surface area contributed by atoms with Gasteiger partial charge in [-0.05, 0) is 60.6 Å². The molecule has 7 heteroatoms. The molecule has 0 spiro atoms. The van der Waals surface area contributed by atoms with Crippen LogP contribution >= 0.6 is 0 Å². The first-order valence-electron chi connectivity index (χ1n) is 10.5. The lowest BCUT2D eigenvalue weighted by Crippen LogP contribution is -2.41. The maximum absolute atomic E-state index is 13.3. The molecule has 1 aliphatic heterocycles. The van der Waals surface area contributed by atoms with Crippen molar-refractivity contribution in [1.29, 1.82) is 0 Å². The Morgan fingerprint density at radius 3 is 2.58 bits per heavy atom. The number of alkyl halides is 3. The van der Waals surface area contributed by atoms with Crippen molar-refractivity contribution in [2.45, 2.75) is 37.9 Å². The van der Waals surface area contributed by atoms with Crippen LogP contribution in [0.1, 0.15) is 35.6 Å². The molecule has 0 amide bonds. The minimum Gasteiger partial charge on any atom is -0.493 e. The number of nitrogens with one attached hydrogen (secondary N) is 1. The molecular weight excluding hydrogens is 405 g/mol. The van der Waals surface area contributed by atoms with Crippen LogP contribution in [0.15, 0.2) is 42.6 Å². The summed E-state index contributed by atoms with van der Waals surface area (Å²) in [5.41, 5.74) is 4.22. The second-order valence-electron chi connectivity index (χ2n) is 8.01. The van der Waals surface area contributed by atoms with Gasteiger partial charge in [0.2, 0.25) is 0 Å². The third-order valence-corrected chi connectivity index (χ3v) is 6.09. The third-order valence-electron chi connectivity index (χ3n) is 6.09. The molecule has 0 fully saturated rings. The molecule has 0 saturated heterocycles. The molecule has 0 aliphatic carbocycles. The van der Waals surface area contributed by atoms with Crippen molar-refractivity contribution in [3.63, 3.8) is 0 Å². The van der Waals surface area contributed by atoms with E-state index in [0.29, 0.717) is 30.9 Å². The molecule has 4 nitrogen and oxygen atoms in total. The molecule has 166 valence electrons. The van der Waals surface area contributed by atoms with E-state index in [-0.39, 0.29) is 6.04 Å². The van der Waals surface area contributed by atoms with Crippen molar-refractivity contribution in [2.75, 3.05) is 27.3 Å². The lowest BCUT2D eigenvalue weighted by molar-refractivity contribution is -0.152. The van der Waals surface area contributed by atoms with Gasteiger partial charge in [-0.2, -0.15) is 13.2 Å². The van der Waals surface area contributed by atoms with Crippen molar-refractivity contribution < 1.29 is 22.6 Å². The van der Waals surface area contributed by atoms with E-state index in [0.717, 1.165) is 29.5 Å². The average Bonchev–Trinajstić information content (AvgIpc) is 3.16. The molecule has 1 aromatic heterocycles. The van der Waals surface area contributed by atoms with Crippen molar-refractivity contribution >= 4 is 10.9 Å². The minimum atomic E-state index is -4.23. The second kappa shape index (κ2) is 8.83. The number of halogens is 3. The standard InChI is InChI=1S/C24H27F3N2O2/c1-30-22-12-16-10-11-29(15-24(25,26)27)21(19(16)13-23(22)31-2)9-5-6-17-14-28-20-8-4-3-7-18(17)20/h3-4,7-8,12-14,21,28H,5-6,9-11,15H2,1-2H3. The molecule has 2 aromatic carbocycles. The van der Waals surface area contributed by atoms with Gasteiger partial charge in [0.1, 0.15) is 0 Å². The van der Waals surface area contributed by atoms with E-state index in [4.69, 9.17) is 9.47 Å². The van der Waals surface area contributed by atoms with Gasteiger partial charge < -0.3 is 14.5 Å². The van der Waals surface area contributed by atoms with Crippen LogP contribution in [0, 0.1) is 0 Å². The maximum atomic E-state index is 13.3. The number of fused-ring (bicyclic) bond motifs is 2. The molecular formula is C24H27F3N2O2. The molecule has 1 atom stereocenters. The zero-order valence-corrected chi connectivity index (χ0v) is 17.8. The van der Waals surface area contributed by atoms with Crippen LogP contribution in [0.25, 0.3) is 10.9 Å². The van der Waals surface area contributed by atoms with Crippen LogP contribution < -0.4 is 9.47 Å². The molecule has 1 N–H and O–H groups in total. The Labute approximate surface area is 180 Å². The van der Waals surface area contributed by atoms with Gasteiger partial charge >= 0.3 is 6.18 Å². The summed E-state index contributed by atoms with van der Waals surface area (Å²) >= 11 is 0. The van der Waals surface area contributed by atoms with Crippen LogP contribution in [-0.2, 0) is 12.8 Å². The van der Waals surface area contributed by atoms with Gasteiger partial charge in [-0.3, -0.25) is 4.90 Å². The van der Waals surface area contributed by atoms with Crippen molar-refractivity contribution in [1.82, 2.24) is 9.88 Å². The van der Waals surface area contributed by atoms with E-state index in [2.05, 4.69) is 11.1 Å². The topological polar surface area (TPSA) is 37.5 Å². The van der Waals surface area contributed by atoms with Gasteiger partial charge in [0.25, 0.3) is 0 Å². The Balaban J connectivity index is 1.58. The van der Waals surface area contributed by atoms with Gasteiger partial charge in [0.05, 0.1) is 20.8 Å². The quantitative estimate of drug-likeness (QED) is 0.523. The largest absolute Gasteiger partial charge is 0.493 e. The molecule has 0 saturated carbocycles. The number of H-pyrrole nitrogens is 1. The van der Waals surface area contributed by atoms with E-state index < -0.39 is 12.7 Å². The predicted molar refractivity (Wildman–Crippen MR) is 115 cm³/mol. The van der Waals surface area contributed by atoms with Crippen LogP contribution in [0.2, 0.25) is 0 Å².